The highest BCUT2D eigenvalue weighted by Crippen LogP contribution is 2.24. The standard InChI is InChI=1S/C18H24Cl2N4O3/c19-15-2-1-14(11-16(15)20)21-17(25)12-22-3-5-24(6-4-22)18(26)13-23-7-9-27-10-8-23/h1-2,11H,3-10,12-13H2,(H,21,25). The lowest BCUT2D eigenvalue weighted by Crippen LogP contribution is -2.53. The molecule has 9 heteroatoms. The minimum atomic E-state index is -0.110. The first-order chi connectivity index (χ1) is 13.0. The summed E-state index contributed by atoms with van der Waals surface area (Å²) in [7, 11) is 0. The van der Waals surface area contributed by atoms with Crippen molar-refractivity contribution >= 4 is 40.7 Å². The van der Waals surface area contributed by atoms with Crippen LogP contribution in [0.4, 0.5) is 5.69 Å². The van der Waals surface area contributed by atoms with Crippen LogP contribution in [0.3, 0.4) is 0 Å². The van der Waals surface area contributed by atoms with Gasteiger partial charge < -0.3 is 15.0 Å². The first-order valence-electron chi connectivity index (χ1n) is 9.06. The molecule has 0 radical (unpaired) electrons. The second-order valence-electron chi connectivity index (χ2n) is 6.72. The smallest absolute Gasteiger partial charge is 0.238 e. The normalized spacial score (nSPS) is 19.1. The molecule has 2 amide bonds. The molecule has 2 heterocycles. The predicted molar refractivity (Wildman–Crippen MR) is 105 cm³/mol. The quantitative estimate of drug-likeness (QED) is 0.788. The zero-order valence-corrected chi connectivity index (χ0v) is 16.6. The molecule has 2 fully saturated rings. The van der Waals surface area contributed by atoms with Gasteiger partial charge in [-0.05, 0) is 18.2 Å². The highest BCUT2D eigenvalue weighted by molar-refractivity contribution is 6.42. The molecule has 0 bridgehead atoms. The Bertz CT molecular complexity index is 675. The van der Waals surface area contributed by atoms with Crippen molar-refractivity contribution in [1.29, 1.82) is 0 Å². The Labute approximate surface area is 169 Å². The number of amides is 2. The van der Waals surface area contributed by atoms with Gasteiger partial charge in [0.1, 0.15) is 0 Å². The van der Waals surface area contributed by atoms with Gasteiger partial charge in [-0.25, -0.2) is 0 Å². The van der Waals surface area contributed by atoms with E-state index in [1.807, 2.05) is 9.80 Å². The van der Waals surface area contributed by atoms with Gasteiger partial charge in [0.25, 0.3) is 0 Å². The van der Waals surface area contributed by atoms with Gasteiger partial charge in [0.15, 0.2) is 0 Å². The van der Waals surface area contributed by atoms with Gasteiger partial charge in [0.2, 0.25) is 11.8 Å². The number of hydrogen-bond donors (Lipinski definition) is 1. The Morgan fingerprint density at radius 1 is 0.926 bits per heavy atom. The Morgan fingerprint density at radius 2 is 1.59 bits per heavy atom. The van der Waals surface area contributed by atoms with Gasteiger partial charge in [-0.2, -0.15) is 0 Å². The van der Waals surface area contributed by atoms with Crippen LogP contribution in [-0.4, -0.2) is 92.1 Å². The Balaban J connectivity index is 1.40. The molecule has 0 spiro atoms. The van der Waals surface area contributed by atoms with Gasteiger partial charge in [-0.15, -0.1) is 0 Å². The number of nitrogens with zero attached hydrogens (tertiary/aromatic N) is 3. The van der Waals surface area contributed by atoms with E-state index in [9.17, 15) is 9.59 Å². The third-order valence-electron chi connectivity index (χ3n) is 4.76. The Morgan fingerprint density at radius 3 is 2.26 bits per heavy atom. The van der Waals surface area contributed by atoms with E-state index in [1.54, 1.807) is 18.2 Å². The average molecular weight is 415 g/mol. The molecular weight excluding hydrogens is 391 g/mol. The molecule has 0 aromatic heterocycles. The monoisotopic (exact) mass is 414 g/mol. The van der Waals surface area contributed by atoms with Crippen LogP contribution in [0.25, 0.3) is 0 Å². The van der Waals surface area contributed by atoms with Crippen molar-refractivity contribution in [3.8, 4) is 0 Å². The van der Waals surface area contributed by atoms with Gasteiger partial charge in [-0.1, -0.05) is 23.2 Å². The topological polar surface area (TPSA) is 65.1 Å². The number of ether oxygens (including phenoxy) is 1. The summed E-state index contributed by atoms with van der Waals surface area (Å²) >= 11 is 11.8. The number of carbonyl (C=O) groups excluding carboxylic acids is 2. The van der Waals surface area contributed by atoms with Crippen molar-refractivity contribution in [2.24, 2.45) is 0 Å². The fourth-order valence-corrected chi connectivity index (χ4v) is 3.48. The zero-order chi connectivity index (χ0) is 19.2. The number of piperazine rings is 1. The van der Waals surface area contributed by atoms with Crippen LogP contribution in [0.15, 0.2) is 18.2 Å². The molecule has 27 heavy (non-hydrogen) atoms. The number of benzene rings is 1. The van der Waals surface area contributed by atoms with Gasteiger partial charge in [-0.3, -0.25) is 19.4 Å². The summed E-state index contributed by atoms with van der Waals surface area (Å²) in [5.41, 5.74) is 0.619. The van der Waals surface area contributed by atoms with E-state index in [-0.39, 0.29) is 18.4 Å². The summed E-state index contributed by atoms with van der Waals surface area (Å²) < 4.78 is 5.31. The third kappa shape index (κ3) is 6.05. The molecule has 2 aliphatic heterocycles. The van der Waals surface area contributed by atoms with Gasteiger partial charge >= 0.3 is 0 Å². The summed E-state index contributed by atoms with van der Waals surface area (Å²) in [5.74, 6) is 0.0401. The maximum Gasteiger partial charge on any atom is 0.238 e. The molecule has 1 aromatic rings. The number of halogens is 2. The fourth-order valence-electron chi connectivity index (χ4n) is 3.18. The van der Waals surface area contributed by atoms with Crippen LogP contribution in [-0.2, 0) is 14.3 Å². The molecule has 2 saturated heterocycles. The van der Waals surface area contributed by atoms with E-state index >= 15 is 0 Å². The summed E-state index contributed by atoms with van der Waals surface area (Å²) in [5, 5.41) is 3.68. The van der Waals surface area contributed by atoms with Crippen LogP contribution in [0.2, 0.25) is 10.0 Å². The second kappa shape index (κ2) is 9.71. The second-order valence-corrected chi connectivity index (χ2v) is 7.54. The molecule has 2 aliphatic rings. The lowest BCUT2D eigenvalue weighted by molar-refractivity contribution is -0.135. The summed E-state index contributed by atoms with van der Waals surface area (Å²) in [6, 6.07) is 5.00. The van der Waals surface area contributed by atoms with Crippen molar-refractivity contribution < 1.29 is 14.3 Å². The molecule has 0 aliphatic carbocycles. The van der Waals surface area contributed by atoms with E-state index in [4.69, 9.17) is 27.9 Å². The molecule has 1 aromatic carbocycles. The summed E-state index contributed by atoms with van der Waals surface area (Å²) in [6.45, 7) is 6.37. The lowest BCUT2D eigenvalue weighted by Gasteiger charge is -2.36. The lowest BCUT2D eigenvalue weighted by atomic mass is 10.2. The van der Waals surface area contributed by atoms with Crippen LogP contribution >= 0.6 is 23.2 Å². The van der Waals surface area contributed by atoms with E-state index in [0.717, 1.165) is 13.1 Å². The van der Waals surface area contributed by atoms with Crippen LogP contribution in [0, 0.1) is 0 Å². The summed E-state index contributed by atoms with van der Waals surface area (Å²) in [4.78, 5) is 30.7. The molecule has 1 N–H and O–H groups in total. The molecule has 0 atom stereocenters. The van der Waals surface area contributed by atoms with Crippen molar-refractivity contribution in [2.75, 3.05) is 70.9 Å². The first kappa shape index (κ1) is 20.4. The maximum atomic E-state index is 12.4. The van der Waals surface area contributed by atoms with Crippen molar-refractivity contribution in [1.82, 2.24) is 14.7 Å². The van der Waals surface area contributed by atoms with Crippen molar-refractivity contribution in [2.45, 2.75) is 0 Å². The minimum Gasteiger partial charge on any atom is -0.379 e. The average Bonchev–Trinajstić information content (AvgIpc) is 2.66. The van der Waals surface area contributed by atoms with E-state index < -0.39 is 0 Å². The first-order valence-corrected chi connectivity index (χ1v) is 9.82. The van der Waals surface area contributed by atoms with E-state index in [2.05, 4.69) is 10.2 Å². The number of morpholine rings is 1. The van der Waals surface area contributed by atoms with Crippen molar-refractivity contribution in [3.05, 3.63) is 28.2 Å². The minimum absolute atomic E-state index is 0.110. The largest absolute Gasteiger partial charge is 0.379 e. The molecule has 0 unspecified atom stereocenters. The molecule has 7 nitrogen and oxygen atoms in total. The SMILES string of the molecule is O=C(CN1CCN(C(=O)CN2CCOCC2)CC1)Nc1ccc(Cl)c(Cl)c1. The van der Waals surface area contributed by atoms with Crippen molar-refractivity contribution in [3.63, 3.8) is 0 Å². The summed E-state index contributed by atoms with van der Waals surface area (Å²) in [6.07, 6.45) is 0. The number of anilines is 1. The molecule has 148 valence electrons. The fraction of sp³-hybridized carbons (Fsp3) is 0.556. The van der Waals surface area contributed by atoms with Crippen LogP contribution in [0.5, 0.6) is 0 Å². The third-order valence-corrected chi connectivity index (χ3v) is 5.50. The number of carbonyl (C=O) groups is 2. The maximum absolute atomic E-state index is 12.4. The highest BCUT2D eigenvalue weighted by Gasteiger charge is 2.24. The van der Waals surface area contributed by atoms with Crippen LogP contribution < -0.4 is 5.32 Å². The van der Waals surface area contributed by atoms with E-state index in [1.165, 1.54) is 0 Å². The molecule has 0 saturated carbocycles. The number of hydrogen-bond acceptors (Lipinski definition) is 5. The molecule has 3 rings (SSSR count). The Kier molecular flexibility index (Phi) is 7.32. The number of rotatable bonds is 5. The highest BCUT2D eigenvalue weighted by atomic mass is 35.5. The zero-order valence-electron chi connectivity index (χ0n) is 15.1. The van der Waals surface area contributed by atoms with Gasteiger partial charge in [0, 0.05) is 45.0 Å². The number of nitrogens with one attached hydrogen (secondary N) is 1. The van der Waals surface area contributed by atoms with Crippen LogP contribution in [0.1, 0.15) is 0 Å². The predicted octanol–water partition coefficient (Wildman–Crippen LogP) is 1.41. The molecular formula is C18H24Cl2N4O3. The van der Waals surface area contributed by atoms with Gasteiger partial charge in [0.05, 0.1) is 36.3 Å². The Hall–Kier alpha value is -1.38. The van der Waals surface area contributed by atoms with E-state index in [0.29, 0.717) is 61.7 Å².